The van der Waals surface area contributed by atoms with Gasteiger partial charge in [0.05, 0.1) is 0 Å². The molecule has 0 amide bonds. The number of hydrogen-bond donors (Lipinski definition) is 1. The zero-order valence-electron chi connectivity index (χ0n) is 9.91. The van der Waals surface area contributed by atoms with Gasteiger partial charge in [0.2, 0.25) is 0 Å². The third kappa shape index (κ3) is 1.92. The van der Waals surface area contributed by atoms with Crippen molar-refractivity contribution in [1.29, 1.82) is 0 Å². The van der Waals surface area contributed by atoms with Crippen LogP contribution in [0.3, 0.4) is 0 Å². The maximum Gasteiger partial charge on any atom is 0.0331 e. The van der Waals surface area contributed by atoms with Crippen LogP contribution < -0.4 is 5.32 Å². The molecule has 3 rings (SSSR count). The van der Waals surface area contributed by atoms with Gasteiger partial charge in [-0.1, -0.05) is 0 Å². The molecular formula is C13H20N2S. The van der Waals surface area contributed by atoms with E-state index in [-0.39, 0.29) is 0 Å². The van der Waals surface area contributed by atoms with Gasteiger partial charge in [-0.05, 0) is 62.3 Å². The number of hydrogen-bond acceptors (Lipinski definition) is 3. The fourth-order valence-electron chi connectivity index (χ4n) is 2.77. The third-order valence-electron chi connectivity index (χ3n) is 4.09. The fraction of sp³-hybridized carbons (Fsp3) is 0.692. The molecule has 0 bridgehead atoms. The Hall–Kier alpha value is -0.380. The SMILES string of the molecule is CC1c2ccsc2CCN1CCC1CNC1. The standard InChI is InChI=1S/C13H20N2S/c1-10-12-4-7-16-13(12)3-6-15(10)5-2-11-8-14-9-11/h4,7,10-11,14H,2-3,5-6,8-9H2,1H3. The Morgan fingerprint density at radius 3 is 3.12 bits per heavy atom. The molecule has 2 nitrogen and oxygen atoms in total. The summed E-state index contributed by atoms with van der Waals surface area (Å²) in [7, 11) is 0. The quantitative estimate of drug-likeness (QED) is 0.866. The van der Waals surface area contributed by atoms with Crippen LogP contribution >= 0.6 is 11.3 Å². The molecule has 3 heteroatoms. The third-order valence-corrected chi connectivity index (χ3v) is 5.09. The van der Waals surface area contributed by atoms with Crippen LogP contribution in [0.15, 0.2) is 11.4 Å². The molecule has 0 spiro atoms. The Labute approximate surface area is 102 Å². The van der Waals surface area contributed by atoms with Gasteiger partial charge >= 0.3 is 0 Å². The summed E-state index contributed by atoms with van der Waals surface area (Å²) < 4.78 is 0. The summed E-state index contributed by atoms with van der Waals surface area (Å²) in [5.41, 5.74) is 1.59. The summed E-state index contributed by atoms with van der Waals surface area (Å²) in [4.78, 5) is 4.28. The molecule has 1 aromatic heterocycles. The van der Waals surface area contributed by atoms with Crippen LogP contribution in [0.4, 0.5) is 0 Å². The molecule has 1 atom stereocenters. The smallest absolute Gasteiger partial charge is 0.0331 e. The van der Waals surface area contributed by atoms with E-state index < -0.39 is 0 Å². The first kappa shape index (κ1) is 10.8. The summed E-state index contributed by atoms with van der Waals surface area (Å²) in [6, 6.07) is 2.96. The average molecular weight is 236 g/mol. The van der Waals surface area contributed by atoms with E-state index >= 15 is 0 Å². The zero-order valence-corrected chi connectivity index (χ0v) is 10.7. The molecular weight excluding hydrogens is 216 g/mol. The van der Waals surface area contributed by atoms with Gasteiger partial charge in [-0.15, -0.1) is 11.3 Å². The van der Waals surface area contributed by atoms with E-state index in [1.807, 2.05) is 11.3 Å². The van der Waals surface area contributed by atoms with Crippen LogP contribution in [-0.2, 0) is 6.42 Å². The molecule has 2 aliphatic heterocycles. The normalized spacial score (nSPS) is 26.4. The van der Waals surface area contributed by atoms with Crippen molar-refractivity contribution in [3.63, 3.8) is 0 Å². The van der Waals surface area contributed by atoms with Crippen LogP contribution in [0, 0.1) is 5.92 Å². The summed E-state index contributed by atoms with van der Waals surface area (Å²) in [6.07, 6.45) is 2.64. The molecule has 0 aliphatic carbocycles. The van der Waals surface area contributed by atoms with Gasteiger partial charge in [0.25, 0.3) is 0 Å². The molecule has 88 valence electrons. The predicted molar refractivity (Wildman–Crippen MR) is 69.0 cm³/mol. The summed E-state index contributed by atoms with van der Waals surface area (Å²) >= 11 is 1.93. The summed E-state index contributed by atoms with van der Waals surface area (Å²) in [6.45, 7) is 7.39. The minimum absolute atomic E-state index is 0.642. The Morgan fingerprint density at radius 2 is 2.38 bits per heavy atom. The minimum Gasteiger partial charge on any atom is -0.316 e. The maximum absolute atomic E-state index is 3.35. The number of rotatable bonds is 3. The van der Waals surface area contributed by atoms with Crippen molar-refractivity contribution in [1.82, 2.24) is 10.2 Å². The Balaban J connectivity index is 1.60. The van der Waals surface area contributed by atoms with Crippen LogP contribution in [0.1, 0.15) is 29.8 Å². The van der Waals surface area contributed by atoms with Gasteiger partial charge < -0.3 is 5.32 Å². The first-order chi connectivity index (χ1) is 7.84. The highest BCUT2D eigenvalue weighted by Crippen LogP contribution is 2.33. The molecule has 1 N–H and O–H groups in total. The second kappa shape index (κ2) is 4.47. The Morgan fingerprint density at radius 1 is 1.50 bits per heavy atom. The highest BCUT2D eigenvalue weighted by atomic mass is 32.1. The summed E-state index contributed by atoms with van der Waals surface area (Å²) in [5.74, 6) is 0.941. The summed E-state index contributed by atoms with van der Waals surface area (Å²) in [5, 5.41) is 5.61. The molecule has 16 heavy (non-hydrogen) atoms. The van der Waals surface area contributed by atoms with E-state index in [1.54, 1.807) is 10.4 Å². The van der Waals surface area contributed by atoms with Crippen molar-refractivity contribution >= 4 is 11.3 Å². The Bertz CT molecular complexity index is 357. The molecule has 1 aromatic rings. The molecule has 2 aliphatic rings. The van der Waals surface area contributed by atoms with E-state index in [9.17, 15) is 0 Å². The van der Waals surface area contributed by atoms with Gasteiger partial charge in [-0.3, -0.25) is 4.90 Å². The second-order valence-corrected chi connectivity index (χ2v) is 6.07. The highest BCUT2D eigenvalue weighted by Gasteiger charge is 2.25. The molecule has 3 heterocycles. The lowest BCUT2D eigenvalue weighted by molar-refractivity contribution is 0.173. The lowest BCUT2D eigenvalue weighted by Crippen LogP contribution is -2.44. The maximum atomic E-state index is 3.35. The van der Waals surface area contributed by atoms with Crippen LogP contribution in [0.5, 0.6) is 0 Å². The first-order valence-electron chi connectivity index (χ1n) is 6.35. The second-order valence-electron chi connectivity index (χ2n) is 5.07. The lowest BCUT2D eigenvalue weighted by atomic mass is 9.96. The zero-order chi connectivity index (χ0) is 11.0. The lowest BCUT2D eigenvalue weighted by Gasteiger charge is -2.36. The van der Waals surface area contributed by atoms with Gasteiger partial charge in [0.1, 0.15) is 0 Å². The van der Waals surface area contributed by atoms with Crippen LogP contribution in [-0.4, -0.2) is 31.1 Å². The van der Waals surface area contributed by atoms with E-state index in [0.717, 1.165) is 5.92 Å². The van der Waals surface area contributed by atoms with E-state index in [4.69, 9.17) is 0 Å². The monoisotopic (exact) mass is 236 g/mol. The van der Waals surface area contributed by atoms with Crippen molar-refractivity contribution in [2.75, 3.05) is 26.2 Å². The largest absolute Gasteiger partial charge is 0.316 e. The van der Waals surface area contributed by atoms with Crippen LogP contribution in [0.25, 0.3) is 0 Å². The van der Waals surface area contributed by atoms with Gasteiger partial charge in [0.15, 0.2) is 0 Å². The number of thiophene rings is 1. The van der Waals surface area contributed by atoms with Crippen molar-refractivity contribution < 1.29 is 0 Å². The van der Waals surface area contributed by atoms with Crippen molar-refractivity contribution in [2.24, 2.45) is 5.92 Å². The first-order valence-corrected chi connectivity index (χ1v) is 7.23. The Kier molecular flexibility index (Phi) is 3.01. The minimum atomic E-state index is 0.642. The van der Waals surface area contributed by atoms with Gasteiger partial charge in [0, 0.05) is 17.5 Å². The molecule has 1 saturated heterocycles. The van der Waals surface area contributed by atoms with Crippen molar-refractivity contribution in [2.45, 2.75) is 25.8 Å². The molecule has 1 unspecified atom stereocenters. The van der Waals surface area contributed by atoms with Gasteiger partial charge in [-0.2, -0.15) is 0 Å². The highest BCUT2D eigenvalue weighted by molar-refractivity contribution is 7.10. The van der Waals surface area contributed by atoms with Crippen molar-refractivity contribution in [3.05, 3.63) is 21.9 Å². The van der Waals surface area contributed by atoms with E-state index in [2.05, 4.69) is 28.6 Å². The molecule has 1 fully saturated rings. The van der Waals surface area contributed by atoms with Crippen molar-refractivity contribution in [3.8, 4) is 0 Å². The van der Waals surface area contributed by atoms with Crippen LogP contribution in [0.2, 0.25) is 0 Å². The van der Waals surface area contributed by atoms with Gasteiger partial charge in [-0.25, -0.2) is 0 Å². The average Bonchev–Trinajstić information content (AvgIpc) is 2.67. The molecule has 0 radical (unpaired) electrons. The number of nitrogens with one attached hydrogen (secondary N) is 1. The van der Waals surface area contributed by atoms with E-state index in [1.165, 1.54) is 39.0 Å². The molecule has 0 saturated carbocycles. The number of fused-ring (bicyclic) bond motifs is 1. The van der Waals surface area contributed by atoms with E-state index in [0.29, 0.717) is 6.04 Å². The number of nitrogens with zero attached hydrogens (tertiary/aromatic N) is 1. The topological polar surface area (TPSA) is 15.3 Å². The molecule has 0 aromatic carbocycles. The fourth-order valence-corrected chi connectivity index (χ4v) is 3.73. The predicted octanol–water partition coefficient (Wildman–Crippen LogP) is 2.28.